The Labute approximate surface area is 124 Å². The quantitative estimate of drug-likeness (QED) is 0.913. The van der Waals surface area contributed by atoms with Gasteiger partial charge in [-0.15, -0.1) is 0 Å². The van der Waals surface area contributed by atoms with Crippen LogP contribution in [-0.2, 0) is 10.0 Å². The van der Waals surface area contributed by atoms with E-state index in [2.05, 4.69) is 30.6 Å². The van der Waals surface area contributed by atoms with E-state index in [1.165, 1.54) is 24.5 Å². The van der Waals surface area contributed by atoms with E-state index in [0.29, 0.717) is 5.56 Å². The molecule has 0 aliphatic rings. The second-order valence-corrected chi connectivity index (χ2v) is 6.45. The number of hydrogen-bond acceptors (Lipinski definition) is 5. The van der Waals surface area contributed by atoms with Gasteiger partial charge in [-0.05, 0) is 46.6 Å². The molecule has 6 nitrogen and oxygen atoms in total. The van der Waals surface area contributed by atoms with Crippen LogP contribution in [0.15, 0.2) is 40.0 Å². The number of hydrogen-bond donors (Lipinski definition) is 1. The van der Waals surface area contributed by atoms with Crippen LogP contribution in [-0.4, -0.2) is 18.4 Å². The van der Waals surface area contributed by atoms with Crippen molar-refractivity contribution in [1.29, 1.82) is 5.26 Å². The number of pyridine rings is 2. The smallest absolute Gasteiger partial charge is 0.263 e. The first-order valence-electron chi connectivity index (χ1n) is 5.44. The minimum Gasteiger partial charge on any atom is -0.263 e. The zero-order valence-corrected chi connectivity index (χ0v) is 12.7. The molecule has 102 valence electrons. The molecule has 2 rings (SSSR count). The standard InChI is InChI=1S/C12H9BrN4O2S/c1-8-5-9(13)7-16-12(8)17-20(18,19)11-3-2-4-15-10(11)6-14/h2-5,7H,1H3,(H,16,17). The lowest BCUT2D eigenvalue weighted by molar-refractivity contribution is 0.600. The lowest BCUT2D eigenvalue weighted by Gasteiger charge is -2.10. The number of aryl methyl sites for hydroxylation is 1. The molecule has 2 aromatic rings. The predicted molar refractivity (Wildman–Crippen MR) is 76.4 cm³/mol. The van der Waals surface area contributed by atoms with Crippen molar-refractivity contribution in [2.24, 2.45) is 0 Å². The van der Waals surface area contributed by atoms with Gasteiger partial charge in [-0.3, -0.25) is 4.72 Å². The van der Waals surface area contributed by atoms with Crippen LogP contribution >= 0.6 is 15.9 Å². The van der Waals surface area contributed by atoms with Crippen molar-refractivity contribution in [3.05, 3.63) is 46.3 Å². The van der Waals surface area contributed by atoms with E-state index in [4.69, 9.17) is 5.26 Å². The number of nitrogens with zero attached hydrogens (tertiary/aromatic N) is 3. The fourth-order valence-corrected chi connectivity index (χ4v) is 3.16. The van der Waals surface area contributed by atoms with Gasteiger partial charge < -0.3 is 0 Å². The summed E-state index contributed by atoms with van der Waals surface area (Å²) >= 11 is 3.25. The maximum atomic E-state index is 12.3. The molecule has 0 amide bonds. The SMILES string of the molecule is Cc1cc(Br)cnc1NS(=O)(=O)c1cccnc1C#N. The summed E-state index contributed by atoms with van der Waals surface area (Å²) in [5.74, 6) is 0.209. The molecule has 0 aliphatic heterocycles. The number of anilines is 1. The Morgan fingerprint density at radius 1 is 1.40 bits per heavy atom. The highest BCUT2D eigenvalue weighted by Gasteiger charge is 2.20. The van der Waals surface area contributed by atoms with E-state index in [1.807, 2.05) is 0 Å². The van der Waals surface area contributed by atoms with E-state index >= 15 is 0 Å². The highest BCUT2D eigenvalue weighted by atomic mass is 79.9. The monoisotopic (exact) mass is 352 g/mol. The van der Waals surface area contributed by atoms with Crippen LogP contribution in [0.1, 0.15) is 11.3 Å². The van der Waals surface area contributed by atoms with Crippen molar-refractivity contribution in [3.8, 4) is 6.07 Å². The first-order chi connectivity index (χ1) is 9.44. The molecule has 2 heterocycles. The molecular weight excluding hydrogens is 344 g/mol. The van der Waals surface area contributed by atoms with Crippen LogP contribution in [0.4, 0.5) is 5.82 Å². The minimum atomic E-state index is -3.90. The summed E-state index contributed by atoms with van der Waals surface area (Å²) in [4.78, 5) is 7.56. The van der Waals surface area contributed by atoms with Crippen molar-refractivity contribution < 1.29 is 8.42 Å². The summed E-state index contributed by atoms with van der Waals surface area (Å²) in [5, 5.41) is 8.91. The highest BCUT2D eigenvalue weighted by molar-refractivity contribution is 9.10. The van der Waals surface area contributed by atoms with Gasteiger partial charge in [0.25, 0.3) is 10.0 Å². The second kappa shape index (κ2) is 5.56. The van der Waals surface area contributed by atoms with Crippen molar-refractivity contribution in [3.63, 3.8) is 0 Å². The maximum Gasteiger partial charge on any atom is 0.265 e. The summed E-state index contributed by atoms with van der Waals surface area (Å²) in [5.41, 5.74) is 0.500. The molecule has 2 aromatic heterocycles. The first kappa shape index (κ1) is 14.4. The third kappa shape index (κ3) is 2.95. The van der Waals surface area contributed by atoms with Gasteiger partial charge in [0.05, 0.1) is 0 Å². The predicted octanol–water partition coefficient (Wildman–Crippen LogP) is 2.22. The number of halogens is 1. The lowest BCUT2D eigenvalue weighted by atomic mass is 10.3. The normalized spacial score (nSPS) is 10.8. The van der Waals surface area contributed by atoms with Gasteiger partial charge in [-0.1, -0.05) is 0 Å². The molecule has 0 unspecified atom stereocenters. The number of nitriles is 1. The van der Waals surface area contributed by atoms with Gasteiger partial charge >= 0.3 is 0 Å². The zero-order chi connectivity index (χ0) is 14.8. The van der Waals surface area contributed by atoms with E-state index in [0.717, 1.165) is 4.47 Å². The fourth-order valence-electron chi connectivity index (χ4n) is 1.52. The van der Waals surface area contributed by atoms with Crippen LogP contribution in [0, 0.1) is 18.3 Å². The Bertz CT molecular complexity index is 799. The molecule has 0 aromatic carbocycles. The highest BCUT2D eigenvalue weighted by Crippen LogP contribution is 2.21. The maximum absolute atomic E-state index is 12.3. The van der Waals surface area contributed by atoms with E-state index in [9.17, 15) is 8.42 Å². The third-order valence-electron chi connectivity index (χ3n) is 2.44. The van der Waals surface area contributed by atoms with Gasteiger partial charge in [-0.25, -0.2) is 18.4 Å². The van der Waals surface area contributed by atoms with Crippen LogP contribution in [0.2, 0.25) is 0 Å². The van der Waals surface area contributed by atoms with Crippen LogP contribution < -0.4 is 4.72 Å². The van der Waals surface area contributed by atoms with Crippen LogP contribution in [0.3, 0.4) is 0 Å². The average molecular weight is 353 g/mol. The molecule has 20 heavy (non-hydrogen) atoms. The Kier molecular flexibility index (Phi) is 4.01. The topological polar surface area (TPSA) is 95.7 Å². The molecule has 0 radical (unpaired) electrons. The van der Waals surface area contributed by atoms with Gasteiger partial charge in [-0.2, -0.15) is 5.26 Å². The van der Waals surface area contributed by atoms with Crippen LogP contribution in [0.5, 0.6) is 0 Å². The molecule has 1 N–H and O–H groups in total. The fraction of sp³-hybridized carbons (Fsp3) is 0.0833. The number of nitrogens with one attached hydrogen (secondary N) is 1. The van der Waals surface area contributed by atoms with Crippen LogP contribution in [0.25, 0.3) is 0 Å². The lowest BCUT2D eigenvalue weighted by Crippen LogP contribution is -2.16. The van der Waals surface area contributed by atoms with Crippen molar-refractivity contribution in [2.45, 2.75) is 11.8 Å². The molecule has 0 atom stereocenters. The van der Waals surface area contributed by atoms with Gasteiger partial charge in [0.1, 0.15) is 16.8 Å². The van der Waals surface area contributed by atoms with Gasteiger partial charge in [0.2, 0.25) is 0 Å². The third-order valence-corrected chi connectivity index (χ3v) is 4.25. The molecule has 0 saturated carbocycles. The largest absolute Gasteiger partial charge is 0.265 e. The first-order valence-corrected chi connectivity index (χ1v) is 7.72. The minimum absolute atomic E-state index is 0.158. The van der Waals surface area contributed by atoms with Gasteiger partial charge in [0.15, 0.2) is 5.69 Å². The zero-order valence-electron chi connectivity index (χ0n) is 10.3. The summed E-state index contributed by atoms with van der Waals surface area (Å²) in [6, 6.07) is 6.27. The molecule has 0 spiro atoms. The van der Waals surface area contributed by atoms with E-state index < -0.39 is 10.0 Å². The van der Waals surface area contributed by atoms with Crippen molar-refractivity contribution in [1.82, 2.24) is 9.97 Å². The van der Waals surface area contributed by atoms with Crippen molar-refractivity contribution in [2.75, 3.05) is 4.72 Å². The number of aromatic nitrogens is 2. The Morgan fingerprint density at radius 3 is 2.80 bits per heavy atom. The summed E-state index contributed by atoms with van der Waals surface area (Å²) in [6.45, 7) is 1.73. The number of sulfonamides is 1. The summed E-state index contributed by atoms with van der Waals surface area (Å²) in [6.07, 6.45) is 2.85. The second-order valence-electron chi connectivity index (χ2n) is 3.89. The Balaban J connectivity index is 2.44. The Hall–Kier alpha value is -1.98. The summed E-state index contributed by atoms with van der Waals surface area (Å²) < 4.78 is 27.6. The van der Waals surface area contributed by atoms with E-state index in [1.54, 1.807) is 19.1 Å². The molecule has 0 bridgehead atoms. The van der Waals surface area contributed by atoms with Gasteiger partial charge in [0, 0.05) is 16.9 Å². The van der Waals surface area contributed by atoms with Crippen molar-refractivity contribution >= 4 is 31.8 Å². The molecule has 0 saturated heterocycles. The molecule has 8 heteroatoms. The molecule has 0 fully saturated rings. The molecular formula is C12H9BrN4O2S. The summed E-state index contributed by atoms with van der Waals surface area (Å²) in [7, 11) is -3.90. The average Bonchev–Trinajstić information content (AvgIpc) is 2.42. The molecule has 0 aliphatic carbocycles. The van der Waals surface area contributed by atoms with E-state index in [-0.39, 0.29) is 16.4 Å². The number of rotatable bonds is 3. The Morgan fingerprint density at radius 2 is 2.15 bits per heavy atom.